The average molecular weight is 851 g/mol. The number of rotatable bonds is 45. The van der Waals surface area contributed by atoms with Gasteiger partial charge in [-0.1, -0.05) is 203 Å². The quantitative estimate of drug-likeness (QED) is 0.0263. The molecule has 0 aromatic carbocycles. The van der Waals surface area contributed by atoms with Crippen LogP contribution in [0.5, 0.6) is 0 Å². The molecule has 0 amide bonds. The van der Waals surface area contributed by atoms with Crippen molar-refractivity contribution < 1.29 is 28.6 Å². The molecule has 0 bridgehead atoms. The van der Waals surface area contributed by atoms with Gasteiger partial charge in [0.15, 0.2) is 6.10 Å². The Kier molecular flexibility index (Phi) is 46.9. The molecular weight excluding hydrogens is 757 g/mol. The van der Waals surface area contributed by atoms with E-state index in [1.165, 1.54) is 77.0 Å². The third-order valence-electron chi connectivity index (χ3n) is 10.7. The van der Waals surface area contributed by atoms with Gasteiger partial charge in [0.2, 0.25) is 0 Å². The Morgan fingerprint density at radius 1 is 0.344 bits per heavy atom. The van der Waals surface area contributed by atoms with Crippen LogP contribution in [0.2, 0.25) is 0 Å². The van der Waals surface area contributed by atoms with E-state index in [9.17, 15) is 14.4 Å². The zero-order valence-corrected chi connectivity index (χ0v) is 39.9. The van der Waals surface area contributed by atoms with Gasteiger partial charge in [-0.15, -0.1) is 0 Å². The summed E-state index contributed by atoms with van der Waals surface area (Å²) in [4.78, 5) is 37.6. The number of unbranched alkanes of at least 4 members (excludes halogenated alkanes) is 22. The highest BCUT2D eigenvalue weighted by atomic mass is 16.6. The van der Waals surface area contributed by atoms with Gasteiger partial charge in [0, 0.05) is 19.3 Å². The molecule has 0 aromatic rings. The van der Waals surface area contributed by atoms with Crippen molar-refractivity contribution in [1.29, 1.82) is 0 Å². The molecule has 0 aliphatic carbocycles. The summed E-state index contributed by atoms with van der Waals surface area (Å²) in [7, 11) is 0. The van der Waals surface area contributed by atoms with E-state index in [0.29, 0.717) is 19.3 Å². The van der Waals surface area contributed by atoms with E-state index >= 15 is 0 Å². The van der Waals surface area contributed by atoms with Gasteiger partial charge in [-0.2, -0.15) is 0 Å². The van der Waals surface area contributed by atoms with Gasteiger partial charge in [-0.25, -0.2) is 0 Å². The number of allylic oxidation sites excluding steroid dienone is 12. The normalized spacial score (nSPS) is 12.6. The van der Waals surface area contributed by atoms with Gasteiger partial charge >= 0.3 is 17.9 Å². The second-order valence-corrected chi connectivity index (χ2v) is 16.7. The van der Waals surface area contributed by atoms with Crippen molar-refractivity contribution in [3.8, 4) is 0 Å². The fourth-order valence-electron chi connectivity index (χ4n) is 6.87. The minimum absolute atomic E-state index is 0.0862. The predicted molar refractivity (Wildman–Crippen MR) is 261 cm³/mol. The van der Waals surface area contributed by atoms with Gasteiger partial charge in [-0.05, 0) is 89.9 Å². The maximum Gasteiger partial charge on any atom is 0.306 e. The van der Waals surface area contributed by atoms with Crippen molar-refractivity contribution in [2.45, 2.75) is 245 Å². The molecule has 6 nitrogen and oxygen atoms in total. The van der Waals surface area contributed by atoms with E-state index < -0.39 is 6.10 Å². The molecule has 6 heteroatoms. The van der Waals surface area contributed by atoms with Crippen LogP contribution in [0.25, 0.3) is 0 Å². The summed E-state index contributed by atoms with van der Waals surface area (Å²) >= 11 is 0. The van der Waals surface area contributed by atoms with Crippen molar-refractivity contribution in [2.24, 2.45) is 0 Å². The molecule has 0 heterocycles. The molecule has 0 saturated carbocycles. The van der Waals surface area contributed by atoms with Crippen LogP contribution in [0, 0.1) is 0 Å². The van der Waals surface area contributed by atoms with Crippen LogP contribution in [-0.2, 0) is 28.6 Å². The highest BCUT2D eigenvalue weighted by Gasteiger charge is 2.19. The lowest BCUT2D eigenvalue weighted by Gasteiger charge is -2.18. The van der Waals surface area contributed by atoms with Crippen LogP contribution in [0.4, 0.5) is 0 Å². The van der Waals surface area contributed by atoms with Crippen molar-refractivity contribution in [3.63, 3.8) is 0 Å². The third-order valence-corrected chi connectivity index (χ3v) is 10.7. The molecule has 0 rings (SSSR count). The van der Waals surface area contributed by atoms with Gasteiger partial charge in [0.05, 0.1) is 0 Å². The Bertz CT molecular complexity index is 1160. The van der Waals surface area contributed by atoms with E-state index in [1.807, 2.05) is 0 Å². The van der Waals surface area contributed by atoms with Gasteiger partial charge < -0.3 is 14.2 Å². The SMILES string of the molecule is CC/C=C\C/C=C\C/C=C\CCCCCCCC(=O)OC(COC(=O)CCCCCCC)COC(=O)CCCCCCCCCC/C=C\C/C=C\C/C=C\CCCCCCC. The smallest absolute Gasteiger partial charge is 0.306 e. The third kappa shape index (κ3) is 47.7. The van der Waals surface area contributed by atoms with Crippen molar-refractivity contribution in [2.75, 3.05) is 13.2 Å². The molecule has 0 aliphatic heterocycles. The van der Waals surface area contributed by atoms with Gasteiger partial charge in [0.1, 0.15) is 13.2 Å². The van der Waals surface area contributed by atoms with Crippen LogP contribution in [0.15, 0.2) is 72.9 Å². The highest BCUT2D eigenvalue weighted by Crippen LogP contribution is 2.14. The molecule has 0 spiro atoms. The minimum Gasteiger partial charge on any atom is -0.462 e. The zero-order chi connectivity index (χ0) is 44.4. The zero-order valence-electron chi connectivity index (χ0n) is 39.9. The summed E-state index contributed by atoms with van der Waals surface area (Å²) in [6.07, 6.45) is 62.1. The van der Waals surface area contributed by atoms with Crippen LogP contribution in [0.3, 0.4) is 0 Å². The summed E-state index contributed by atoms with van der Waals surface area (Å²) in [6, 6.07) is 0. The summed E-state index contributed by atoms with van der Waals surface area (Å²) in [6.45, 7) is 6.40. The molecule has 1 unspecified atom stereocenters. The molecule has 0 fully saturated rings. The monoisotopic (exact) mass is 851 g/mol. The lowest BCUT2D eigenvalue weighted by atomic mass is 10.1. The largest absolute Gasteiger partial charge is 0.462 e. The number of esters is 3. The maximum atomic E-state index is 12.7. The van der Waals surface area contributed by atoms with E-state index in [2.05, 4.69) is 93.7 Å². The molecule has 0 saturated heterocycles. The predicted octanol–water partition coefficient (Wildman–Crippen LogP) is 16.6. The lowest BCUT2D eigenvalue weighted by Crippen LogP contribution is -2.30. The van der Waals surface area contributed by atoms with E-state index in [1.54, 1.807) is 0 Å². The van der Waals surface area contributed by atoms with Crippen LogP contribution in [0.1, 0.15) is 239 Å². The van der Waals surface area contributed by atoms with E-state index in [0.717, 1.165) is 122 Å². The molecule has 0 aromatic heterocycles. The molecule has 0 aliphatic rings. The number of ether oxygens (including phenoxy) is 3. The Labute approximate surface area is 376 Å². The number of carbonyl (C=O) groups is 3. The molecule has 0 radical (unpaired) electrons. The fourth-order valence-corrected chi connectivity index (χ4v) is 6.87. The first kappa shape index (κ1) is 57.9. The first-order valence-electron chi connectivity index (χ1n) is 25.4. The Morgan fingerprint density at radius 2 is 0.639 bits per heavy atom. The molecule has 350 valence electrons. The summed E-state index contributed by atoms with van der Waals surface area (Å²) in [5, 5.41) is 0. The van der Waals surface area contributed by atoms with Gasteiger partial charge in [-0.3, -0.25) is 14.4 Å². The summed E-state index contributed by atoms with van der Waals surface area (Å²) in [5.74, 6) is -0.925. The number of hydrogen-bond donors (Lipinski definition) is 0. The molecule has 0 N–H and O–H groups in total. The lowest BCUT2D eigenvalue weighted by molar-refractivity contribution is -0.167. The van der Waals surface area contributed by atoms with Crippen LogP contribution >= 0.6 is 0 Å². The van der Waals surface area contributed by atoms with Crippen molar-refractivity contribution in [3.05, 3.63) is 72.9 Å². The van der Waals surface area contributed by atoms with Crippen molar-refractivity contribution >= 4 is 17.9 Å². The molecular formula is C55H94O6. The second-order valence-electron chi connectivity index (χ2n) is 16.7. The summed E-state index contributed by atoms with van der Waals surface area (Å²) < 4.78 is 16.6. The Morgan fingerprint density at radius 3 is 1.00 bits per heavy atom. The van der Waals surface area contributed by atoms with E-state index in [-0.39, 0.29) is 31.1 Å². The number of carbonyl (C=O) groups excluding carboxylic acids is 3. The van der Waals surface area contributed by atoms with E-state index in [4.69, 9.17) is 14.2 Å². The molecule has 1 atom stereocenters. The Hall–Kier alpha value is -3.15. The first-order chi connectivity index (χ1) is 30.0. The molecule has 61 heavy (non-hydrogen) atoms. The first-order valence-corrected chi connectivity index (χ1v) is 25.4. The minimum atomic E-state index is -0.783. The summed E-state index contributed by atoms with van der Waals surface area (Å²) in [5.41, 5.74) is 0. The van der Waals surface area contributed by atoms with Gasteiger partial charge in [0.25, 0.3) is 0 Å². The van der Waals surface area contributed by atoms with Crippen molar-refractivity contribution in [1.82, 2.24) is 0 Å². The standard InChI is InChI=1S/C55H94O6/c1-4-7-10-13-15-17-19-21-23-24-25-26-27-28-29-30-32-33-35-37-39-42-45-48-54(57)60-51-52(50-59-53(56)47-44-41-12-9-6-3)61-55(58)49-46-43-40-38-36-34-31-22-20-18-16-14-11-8-5-2/h8,11,16,18-19,21-22,24-25,27-28,31,52H,4-7,9-10,12-15,17,20,23,26,29-30,32-51H2,1-3H3/b11-8-,18-16-,21-19-,25-24-,28-27-,31-22-. The average Bonchev–Trinajstić information content (AvgIpc) is 3.26. The number of hydrogen-bond acceptors (Lipinski definition) is 6. The Balaban J connectivity index is 4.17. The second kappa shape index (κ2) is 49.5. The maximum absolute atomic E-state index is 12.7. The van der Waals surface area contributed by atoms with Crippen LogP contribution in [-0.4, -0.2) is 37.2 Å². The fraction of sp³-hybridized carbons (Fsp3) is 0.727. The highest BCUT2D eigenvalue weighted by molar-refractivity contribution is 5.71. The topological polar surface area (TPSA) is 78.9 Å². The van der Waals surface area contributed by atoms with Crippen LogP contribution < -0.4 is 0 Å².